The van der Waals surface area contributed by atoms with Crippen LogP contribution in [-0.2, 0) is 19.6 Å². The van der Waals surface area contributed by atoms with Crippen molar-refractivity contribution in [3.05, 3.63) is 24.3 Å². The Labute approximate surface area is 118 Å². The number of hydrogen-bond donors (Lipinski definition) is 3. The van der Waals surface area contributed by atoms with Crippen LogP contribution in [0.5, 0.6) is 0 Å². The van der Waals surface area contributed by atoms with E-state index in [1.54, 1.807) is 0 Å². The summed E-state index contributed by atoms with van der Waals surface area (Å²) in [5.41, 5.74) is 0.531. The first-order valence-electron chi connectivity index (χ1n) is 5.92. The fraction of sp³-hybridized carbons (Fsp3) is 0.417. The number of carboxylic acid groups (broad SMARTS) is 1. The second-order valence-electron chi connectivity index (χ2n) is 4.05. The smallest absolute Gasteiger partial charge is 0.326 e. The van der Waals surface area contributed by atoms with E-state index in [1.165, 1.54) is 38.4 Å². The lowest BCUT2D eigenvalue weighted by Crippen LogP contribution is -2.30. The minimum absolute atomic E-state index is 0.120. The van der Waals surface area contributed by atoms with Gasteiger partial charge in [0.2, 0.25) is 10.0 Å². The standard InChI is InChI=1S/C12H18N2O5S/c1-13-20(17,18)10-5-3-9(4-6-10)14-11(12(15)16)7-8-19-2/h3-6,11,13-14H,7-8H2,1-2H3,(H,15,16). The monoisotopic (exact) mass is 302 g/mol. The van der Waals surface area contributed by atoms with Crippen molar-refractivity contribution in [3.63, 3.8) is 0 Å². The van der Waals surface area contributed by atoms with Crippen LogP contribution in [-0.4, -0.2) is 46.3 Å². The van der Waals surface area contributed by atoms with Crippen LogP contribution in [0, 0.1) is 0 Å². The summed E-state index contributed by atoms with van der Waals surface area (Å²) in [4.78, 5) is 11.2. The summed E-state index contributed by atoms with van der Waals surface area (Å²) in [5, 5.41) is 11.9. The van der Waals surface area contributed by atoms with Gasteiger partial charge in [0.25, 0.3) is 0 Å². The number of carbonyl (C=O) groups is 1. The van der Waals surface area contributed by atoms with E-state index in [0.29, 0.717) is 18.7 Å². The van der Waals surface area contributed by atoms with Gasteiger partial charge in [0, 0.05) is 25.8 Å². The SMILES string of the molecule is CNS(=O)(=O)c1ccc(NC(CCOC)C(=O)O)cc1. The second-order valence-corrected chi connectivity index (χ2v) is 5.94. The minimum Gasteiger partial charge on any atom is -0.480 e. The first-order chi connectivity index (χ1) is 9.40. The highest BCUT2D eigenvalue weighted by Crippen LogP contribution is 2.15. The highest BCUT2D eigenvalue weighted by atomic mass is 32.2. The van der Waals surface area contributed by atoms with Gasteiger partial charge >= 0.3 is 5.97 Å². The number of ether oxygens (including phenoxy) is 1. The summed E-state index contributed by atoms with van der Waals surface area (Å²) in [7, 11) is -0.666. The van der Waals surface area contributed by atoms with Crippen molar-refractivity contribution >= 4 is 21.7 Å². The van der Waals surface area contributed by atoms with E-state index in [0.717, 1.165) is 0 Å². The van der Waals surface area contributed by atoms with Crippen LogP contribution in [0.4, 0.5) is 5.69 Å². The Balaban J connectivity index is 2.80. The zero-order valence-corrected chi connectivity index (χ0v) is 12.1. The zero-order chi connectivity index (χ0) is 15.2. The van der Waals surface area contributed by atoms with Gasteiger partial charge in [-0.15, -0.1) is 0 Å². The molecule has 20 heavy (non-hydrogen) atoms. The summed E-state index contributed by atoms with van der Waals surface area (Å²) in [6.45, 7) is 0.316. The average molecular weight is 302 g/mol. The van der Waals surface area contributed by atoms with Crippen LogP contribution in [0.1, 0.15) is 6.42 Å². The van der Waals surface area contributed by atoms with E-state index in [2.05, 4.69) is 10.0 Å². The van der Waals surface area contributed by atoms with Crippen LogP contribution in [0.2, 0.25) is 0 Å². The van der Waals surface area contributed by atoms with Crippen LogP contribution < -0.4 is 10.0 Å². The summed E-state index contributed by atoms with van der Waals surface area (Å²) in [6.07, 6.45) is 0.308. The van der Waals surface area contributed by atoms with Crippen molar-refractivity contribution < 1.29 is 23.1 Å². The van der Waals surface area contributed by atoms with Gasteiger partial charge in [0.05, 0.1) is 4.90 Å². The molecule has 3 N–H and O–H groups in total. The number of anilines is 1. The molecule has 0 saturated carbocycles. The molecule has 0 fully saturated rings. The largest absolute Gasteiger partial charge is 0.480 e. The number of benzene rings is 1. The van der Waals surface area contributed by atoms with E-state index >= 15 is 0 Å². The fourth-order valence-electron chi connectivity index (χ4n) is 1.54. The lowest BCUT2D eigenvalue weighted by atomic mass is 10.2. The van der Waals surface area contributed by atoms with Crippen molar-refractivity contribution in [2.24, 2.45) is 0 Å². The Morgan fingerprint density at radius 3 is 2.40 bits per heavy atom. The molecule has 1 aromatic carbocycles. The maximum Gasteiger partial charge on any atom is 0.326 e. The van der Waals surface area contributed by atoms with Crippen molar-refractivity contribution in [2.45, 2.75) is 17.4 Å². The molecule has 0 radical (unpaired) electrons. The van der Waals surface area contributed by atoms with Crippen molar-refractivity contribution in [1.82, 2.24) is 4.72 Å². The molecule has 0 aliphatic heterocycles. The highest BCUT2D eigenvalue weighted by Gasteiger charge is 2.17. The van der Waals surface area contributed by atoms with E-state index in [-0.39, 0.29) is 4.90 Å². The topological polar surface area (TPSA) is 105 Å². The number of carboxylic acids is 1. The van der Waals surface area contributed by atoms with Gasteiger partial charge in [0.1, 0.15) is 6.04 Å². The van der Waals surface area contributed by atoms with E-state index in [4.69, 9.17) is 9.84 Å². The number of hydrogen-bond acceptors (Lipinski definition) is 5. The van der Waals surface area contributed by atoms with Gasteiger partial charge in [-0.2, -0.15) is 0 Å². The first-order valence-corrected chi connectivity index (χ1v) is 7.41. The normalized spacial score (nSPS) is 12.9. The quantitative estimate of drug-likeness (QED) is 0.646. The molecule has 0 heterocycles. The molecule has 8 heteroatoms. The summed E-state index contributed by atoms with van der Waals surface area (Å²) in [6, 6.07) is 5.06. The fourth-order valence-corrected chi connectivity index (χ4v) is 2.27. The van der Waals surface area contributed by atoms with Gasteiger partial charge in [0.15, 0.2) is 0 Å². The van der Waals surface area contributed by atoms with Gasteiger partial charge < -0.3 is 15.2 Å². The second kappa shape index (κ2) is 7.22. The molecule has 0 aliphatic carbocycles. The summed E-state index contributed by atoms with van der Waals surface area (Å²) >= 11 is 0. The van der Waals surface area contributed by atoms with Crippen molar-refractivity contribution in [2.75, 3.05) is 26.1 Å². The number of nitrogens with one attached hydrogen (secondary N) is 2. The van der Waals surface area contributed by atoms with Gasteiger partial charge in [-0.3, -0.25) is 0 Å². The van der Waals surface area contributed by atoms with Gasteiger partial charge in [-0.1, -0.05) is 0 Å². The van der Waals surface area contributed by atoms with E-state index in [9.17, 15) is 13.2 Å². The summed E-state index contributed by atoms with van der Waals surface area (Å²) in [5.74, 6) is -0.992. The third-order valence-electron chi connectivity index (χ3n) is 2.68. The van der Waals surface area contributed by atoms with E-state index < -0.39 is 22.0 Å². The molecule has 0 aromatic heterocycles. The molecule has 0 amide bonds. The third kappa shape index (κ3) is 4.48. The van der Waals surface area contributed by atoms with Crippen LogP contribution in [0.3, 0.4) is 0 Å². The minimum atomic E-state index is -3.49. The average Bonchev–Trinajstić information content (AvgIpc) is 2.43. The van der Waals surface area contributed by atoms with Crippen LogP contribution in [0.25, 0.3) is 0 Å². The Hall–Kier alpha value is -1.64. The van der Waals surface area contributed by atoms with Gasteiger partial charge in [-0.05, 0) is 31.3 Å². The number of rotatable bonds is 8. The van der Waals surface area contributed by atoms with Crippen LogP contribution >= 0.6 is 0 Å². The predicted octanol–water partition coefficient (Wildman–Crippen LogP) is 0.496. The molecule has 1 rings (SSSR count). The van der Waals surface area contributed by atoms with Crippen molar-refractivity contribution in [1.29, 1.82) is 0 Å². The number of sulfonamides is 1. The molecule has 0 bridgehead atoms. The molecule has 1 aromatic rings. The molecule has 1 atom stereocenters. The van der Waals surface area contributed by atoms with Crippen molar-refractivity contribution in [3.8, 4) is 0 Å². The molecule has 7 nitrogen and oxygen atoms in total. The molecule has 0 aliphatic rings. The zero-order valence-electron chi connectivity index (χ0n) is 11.3. The Morgan fingerprint density at radius 1 is 1.35 bits per heavy atom. The molecule has 0 saturated heterocycles. The molecule has 1 unspecified atom stereocenters. The maximum absolute atomic E-state index is 11.5. The Kier molecular flexibility index (Phi) is 5.93. The molecule has 0 spiro atoms. The highest BCUT2D eigenvalue weighted by molar-refractivity contribution is 7.89. The van der Waals surface area contributed by atoms with E-state index in [1.807, 2.05) is 0 Å². The lowest BCUT2D eigenvalue weighted by molar-refractivity contribution is -0.138. The number of aliphatic carboxylic acids is 1. The predicted molar refractivity (Wildman–Crippen MR) is 74.2 cm³/mol. The van der Waals surface area contributed by atoms with Gasteiger partial charge in [-0.25, -0.2) is 17.9 Å². The van der Waals surface area contributed by atoms with Crippen LogP contribution in [0.15, 0.2) is 29.2 Å². The lowest BCUT2D eigenvalue weighted by Gasteiger charge is -2.15. The Morgan fingerprint density at radius 2 is 1.95 bits per heavy atom. The maximum atomic E-state index is 11.5. The molecular formula is C12H18N2O5S. The first kappa shape index (κ1) is 16.4. The molecule has 112 valence electrons. The summed E-state index contributed by atoms with van der Waals surface area (Å²) < 4.78 is 30.1. The number of methoxy groups -OCH3 is 1. The molecular weight excluding hydrogens is 284 g/mol. The Bertz CT molecular complexity index is 541. The third-order valence-corrected chi connectivity index (χ3v) is 4.11.